The summed E-state index contributed by atoms with van der Waals surface area (Å²) in [5.74, 6) is 1.56. The van der Waals surface area contributed by atoms with Gasteiger partial charge in [-0.05, 0) is 37.1 Å². The van der Waals surface area contributed by atoms with Gasteiger partial charge in [0.25, 0.3) is 0 Å². The molecule has 29 heavy (non-hydrogen) atoms. The van der Waals surface area contributed by atoms with Gasteiger partial charge in [0, 0.05) is 53.7 Å². The summed E-state index contributed by atoms with van der Waals surface area (Å²) >= 11 is 6.12. The Labute approximate surface area is 173 Å². The molecule has 146 valence electrons. The summed E-state index contributed by atoms with van der Waals surface area (Å²) in [5.41, 5.74) is 5.53. The first kappa shape index (κ1) is 18.1. The van der Waals surface area contributed by atoms with E-state index in [4.69, 9.17) is 21.6 Å². The number of hydrogen-bond donors (Lipinski definition) is 3. The van der Waals surface area contributed by atoms with Gasteiger partial charge in [-0.1, -0.05) is 29.8 Å². The van der Waals surface area contributed by atoms with Gasteiger partial charge in [0.15, 0.2) is 5.82 Å². The van der Waals surface area contributed by atoms with Gasteiger partial charge in [-0.3, -0.25) is 4.98 Å². The molecular weight excluding hydrogens is 384 g/mol. The number of benzene rings is 1. The molecule has 0 amide bonds. The molecule has 0 fully saturated rings. The molecule has 4 aromatic rings. The molecule has 0 atom stereocenters. The average molecular weight is 405 g/mol. The van der Waals surface area contributed by atoms with Crippen LogP contribution in [-0.2, 0) is 19.4 Å². The van der Waals surface area contributed by atoms with Crippen molar-refractivity contribution in [1.29, 1.82) is 0 Å². The van der Waals surface area contributed by atoms with Gasteiger partial charge < -0.3 is 15.6 Å². The second-order valence-electron chi connectivity index (χ2n) is 7.18. The predicted molar refractivity (Wildman–Crippen MR) is 116 cm³/mol. The smallest absolute Gasteiger partial charge is 0.163 e. The summed E-state index contributed by atoms with van der Waals surface area (Å²) in [7, 11) is 0. The third kappa shape index (κ3) is 3.69. The molecule has 3 N–H and O–H groups in total. The van der Waals surface area contributed by atoms with Crippen molar-refractivity contribution >= 4 is 28.3 Å². The van der Waals surface area contributed by atoms with E-state index in [1.54, 1.807) is 12.4 Å². The molecule has 6 nitrogen and oxygen atoms in total. The molecule has 3 aromatic heterocycles. The maximum atomic E-state index is 6.12. The number of nitrogens with zero attached hydrogens (tertiary/aromatic N) is 3. The van der Waals surface area contributed by atoms with Crippen LogP contribution in [0, 0.1) is 0 Å². The topological polar surface area (TPSA) is 78.5 Å². The number of anilines is 1. The number of rotatable bonds is 5. The minimum Gasteiger partial charge on any atom is -0.369 e. The van der Waals surface area contributed by atoms with E-state index in [-0.39, 0.29) is 0 Å². The van der Waals surface area contributed by atoms with Crippen molar-refractivity contribution in [2.75, 3.05) is 18.4 Å². The number of H-pyrrole nitrogens is 1. The fourth-order valence-electron chi connectivity index (χ4n) is 3.82. The molecule has 1 aliphatic heterocycles. The maximum absolute atomic E-state index is 6.12. The van der Waals surface area contributed by atoms with Crippen LogP contribution in [0.4, 0.5) is 5.82 Å². The highest BCUT2D eigenvalue weighted by atomic mass is 35.5. The summed E-state index contributed by atoms with van der Waals surface area (Å²) in [6.45, 7) is 2.48. The van der Waals surface area contributed by atoms with Crippen molar-refractivity contribution < 1.29 is 0 Å². The molecule has 0 aliphatic carbocycles. The minimum atomic E-state index is 0.579. The first-order valence-corrected chi connectivity index (χ1v) is 10.2. The second-order valence-corrected chi connectivity index (χ2v) is 7.61. The van der Waals surface area contributed by atoms with Gasteiger partial charge in [0.2, 0.25) is 0 Å². The fourth-order valence-corrected chi connectivity index (χ4v) is 4.00. The Morgan fingerprint density at radius 2 is 2.07 bits per heavy atom. The lowest BCUT2D eigenvalue weighted by Gasteiger charge is -2.20. The Balaban J connectivity index is 1.42. The first-order chi connectivity index (χ1) is 14.3. The highest BCUT2D eigenvalue weighted by molar-refractivity contribution is 6.30. The van der Waals surface area contributed by atoms with E-state index >= 15 is 0 Å². The molecule has 0 unspecified atom stereocenters. The molecule has 5 rings (SSSR count). The van der Waals surface area contributed by atoms with E-state index in [0.717, 1.165) is 49.6 Å². The molecule has 7 heteroatoms. The van der Waals surface area contributed by atoms with Gasteiger partial charge in [-0.15, -0.1) is 0 Å². The Morgan fingerprint density at radius 1 is 1.14 bits per heavy atom. The number of para-hydroxylation sites is 1. The Kier molecular flexibility index (Phi) is 4.87. The average Bonchev–Trinajstić information content (AvgIpc) is 3.17. The van der Waals surface area contributed by atoms with E-state index in [2.05, 4.69) is 45.0 Å². The van der Waals surface area contributed by atoms with Crippen LogP contribution in [0.15, 0.2) is 48.9 Å². The number of hydrogen-bond acceptors (Lipinski definition) is 5. The van der Waals surface area contributed by atoms with Crippen LogP contribution < -0.4 is 10.6 Å². The van der Waals surface area contributed by atoms with E-state index in [0.29, 0.717) is 10.8 Å². The van der Waals surface area contributed by atoms with Gasteiger partial charge in [0.05, 0.1) is 10.7 Å². The van der Waals surface area contributed by atoms with Crippen molar-refractivity contribution in [1.82, 2.24) is 25.3 Å². The van der Waals surface area contributed by atoms with Gasteiger partial charge in [-0.2, -0.15) is 0 Å². The molecule has 0 bridgehead atoms. The summed E-state index contributed by atoms with van der Waals surface area (Å²) in [4.78, 5) is 17.1. The lowest BCUT2D eigenvalue weighted by molar-refractivity contribution is 0.625. The SMILES string of the molecule is Clc1cncc(-c2nc3c(c(NCCc4c[nH]c5ccccc45)n2)CCNC3)c1. The van der Waals surface area contributed by atoms with E-state index in [1.807, 2.05) is 12.1 Å². The predicted octanol–water partition coefficient (Wildman–Crippen LogP) is 3.97. The Bertz CT molecular complexity index is 1170. The Hall–Kier alpha value is -2.96. The van der Waals surface area contributed by atoms with Crippen molar-refractivity contribution in [3.8, 4) is 11.4 Å². The quantitative estimate of drug-likeness (QED) is 0.469. The van der Waals surface area contributed by atoms with Gasteiger partial charge in [0.1, 0.15) is 5.82 Å². The maximum Gasteiger partial charge on any atom is 0.163 e. The first-order valence-electron chi connectivity index (χ1n) is 9.78. The summed E-state index contributed by atoms with van der Waals surface area (Å²) in [5, 5.41) is 8.80. The largest absolute Gasteiger partial charge is 0.369 e. The summed E-state index contributed by atoms with van der Waals surface area (Å²) in [6, 6.07) is 10.2. The van der Waals surface area contributed by atoms with Gasteiger partial charge >= 0.3 is 0 Å². The third-order valence-electron chi connectivity index (χ3n) is 5.26. The van der Waals surface area contributed by atoms with E-state index < -0.39 is 0 Å². The highest BCUT2D eigenvalue weighted by Crippen LogP contribution is 2.26. The second kappa shape index (κ2) is 7.81. The number of aromatic amines is 1. The zero-order chi connectivity index (χ0) is 19.6. The van der Waals surface area contributed by atoms with Crippen LogP contribution in [-0.4, -0.2) is 33.0 Å². The van der Waals surface area contributed by atoms with Crippen molar-refractivity contribution in [2.45, 2.75) is 19.4 Å². The van der Waals surface area contributed by atoms with Crippen LogP contribution in [0.2, 0.25) is 5.02 Å². The molecule has 0 saturated heterocycles. The molecule has 0 saturated carbocycles. The van der Waals surface area contributed by atoms with E-state index in [1.165, 1.54) is 22.0 Å². The van der Waals surface area contributed by atoms with Crippen LogP contribution in [0.3, 0.4) is 0 Å². The molecule has 1 aromatic carbocycles. The number of halogens is 1. The van der Waals surface area contributed by atoms with Gasteiger partial charge in [-0.25, -0.2) is 9.97 Å². The Morgan fingerprint density at radius 3 is 3.00 bits per heavy atom. The third-order valence-corrected chi connectivity index (χ3v) is 5.47. The van der Waals surface area contributed by atoms with Crippen LogP contribution >= 0.6 is 11.6 Å². The standard InChI is InChI=1S/C22H21ClN6/c23-16-9-15(10-25-12-16)21-28-20-13-24-7-6-18(20)22(29-21)26-8-5-14-11-27-19-4-2-1-3-17(14)19/h1-4,9-12,24,27H,5-8,13H2,(H,26,28,29). The normalized spacial score (nSPS) is 13.4. The monoisotopic (exact) mass is 404 g/mol. The highest BCUT2D eigenvalue weighted by Gasteiger charge is 2.18. The number of aromatic nitrogens is 4. The number of nitrogens with one attached hydrogen (secondary N) is 3. The minimum absolute atomic E-state index is 0.579. The molecule has 0 spiro atoms. The lowest BCUT2D eigenvalue weighted by atomic mass is 10.1. The number of fused-ring (bicyclic) bond motifs is 2. The lowest BCUT2D eigenvalue weighted by Crippen LogP contribution is -2.27. The zero-order valence-electron chi connectivity index (χ0n) is 15.9. The number of pyridine rings is 1. The zero-order valence-corrected chi connectivity index (χ0v) is 16.6. The molecule has 4 heterocycles. The summed E-state index contributed by atoms with van der Waals surface area (Å²) < 4.78 is 0. The van der Waals surface area contributed by atoms with Crippen LogP contribution in [0.25, 0.3) is 22.3 Å². The fraction of sp³-hybridized carbons (Fsp3) is 0.227. The van der Waals surface area contributed by atoms with Crippen molar-refractivity contribution in [3.05, 3.63) is 70.8 Å². The molecule has 1 aliphatic rings. The molecule has 0 radical (unpaired) electrons. The van der Waals surface area contributed by atoms with Crippen molar-refractivity contribution in [2.24, 2.45) is 0 Å². The van der Waals surface area contributed by atoms with Crippen LogP contribution in [0.1, 0.15) is 16.8 Å². The molecular formula is C22H21ClN6. The van der Waals surface area contributed by atoms with Crippen LogP contribution in [0.5, 0.6) is 0 Å². The van der Waals surface area contributed by atoms with Crippen molar-refractivity contribution in [3.63, 3.8) is 0 Å². The summed E-state index contributed by atoms with van der Waals surface area (Å²) in [6.07, 6.45) is 7.29. The van der Waals surface area contributed by atoms with E-state index in [9.17, 15) is 0 Å².